The summed E-state index contributed by atoms with van der Waals surface area (Å²) in [4.78, 5) is 0. The van der Waals surface area contributed by atoms with Crippen LogP contribution in [0.1, 0.15) is 26.7 Å². The molecular formula is C12H18O2. The van der Waals surface area contributed by atoms with Crippen molar-refractivity contribution in [3.05, 3.63) is 35.8 Å². The monoisotopic (exact) mass is 194 g/mol. The highest BCUT2D eigenvalue weighted by Crippen LogP contribution is 2.18. The van der Waals surface area contributed by atoms with E-state index in [0.29, 0.717) is 13.2 Å². The third kappa shape index (κ3) is 2.95. The average molecular weight is 194 g/mol. The molecular weight excluding hydrogens is 176 g/mol. The molecule has 0 aromatic rings. The Balaban J connectivity index is 2.76. The molecule has 2 nitrogen and oxygen atoms in total. The lowest BCUT2D eigenvalue weighted by Gasteiger charge is -2.18. The molecule has 1 aliphatic rings. The molecule has 0 aromatic heterocycles. The van der Waals surface area contributed by atoms with Gasteiger partial charge in [-0.1, -0.05) is 26.0 Å². The molecule has 0 saturated heterocycles. The zero-order chi connectivity index (χ0) is 10.4. The van der Waals surface area contributed by atoms with Crippen LogP contribution in [0, 0.1) is 0 Å². The molecule has 78 valence electrons. The Hall–Kier alpha value is -1.18. The SMILES string of the molecule is C=C/C(=C\C1=C(C)OCCO1)CCC. The van der Waals surface area contributed by atoms with E-state index in [1.165, 1.54) is 5.57 Å². The van der Waals surface area contributed by atoms with Crippen molar-refractivity contribution in [2.75, 3.05) is 13.2 Å². The van der Waals surface area contributed by atoms with E-state index in [9.17, 15) is 0 Å². The topological polar surface area (TPSA) is 18.5 Å². The second kappa shape index (κ2) is 5.53. The Morgan fingerprint density at radius 1 is 1.43 bits per heavy atom. The second-order valence-corrected chi connectivity index (χ2v) is 3.29. The first-order valence-corrected chi connectivity index (χ1v) is 5.07. The largest absolute Gasteiger partial charge is 0.491 e. The highest BCUT2D eigenvalue weighted by molar-refractivity contribution is 5.27. The Morgan fingerprint density at radius 3 is 2.71 bits per heavy atom. The molecule has 1 heterocycles. The maximum absolute atomic E-state index is 5.50. The van der Waals surface area contributed by atoms with Crippen LogP contribution in [0.15, 0.2) is 35.8 Å². The van der Waals surface area contributed by atoms with Crippen LogP contribution in [0.3, 0.4) is 0 Å². The molecule has 0 radical (unpaired) electrons. The number of ether oxygens (including phenoxy) is 2. The minimum Gasteiger partial charge on any atom is -0.491 e. The second-order valence-electron chi connectivity index (χ2n) is 3.29. The maximum Gasteiger partial charge on any atom is 0.157 e. The lowest BCUT2D eigenvalue weighted by atomic mass is 10.1. The first-order valence-electron chi connectivity index (χ1n) is 5.07. The summed E-state index contributed by atoms with van der Waals surface area (Å²) in [7, 11) is 0. The van der Waals surface area contributed by atoms with E-state index in [4.69, 9.17) is 9.47 Å². The van der Waals surface area contributed by atoms with Gasteiger partial charge in [-0.05, 0) is 25.0 Å². The molecule has 0 bridgehead atoms. The van der Waals surface area contributed by atoms with Gasteiger partial charge in [0.25, 0.3) is 0 Å². The fourth-order valence-corrected chi connectivity index (χ4v) is 1.35. The summed E-state index contributed by atoms with van der Waals surface area (Å²) in [5, 5.41) is 0. The van der Waals surface area contributed by atoms with Gasteiger partial charge >= 0.3 is 0 Å². The quantitative estimate of drug-likeness (QED) is 0.640. The molecule has 0 unspecified atom stereocenters. The normalized spacial score (nSPS) is 17.4. The summed E-state index contributed by atoms with van der Waals surface area (Å²) in [6.45, 7) is 9.15. The van der Waals surface area contributed by atoms with E-state index in [1.807, 2.05) is 19.1 Å². The number of hydrogen-bond acceptors (Lipinski definition) is 2. The Labute approximate surface area is 85.9 Å². The van der Waals surface area contributed by atoms with Crippen molar-refractivity contribution in [3.63, 3.8) is 0 Å². The predicted molar refractivity (Wildman–Crippen MR) is 57.8 cm³/mol. The third-order valence-corrected chi connectivity index (χ3v) is 2.12. The minimum absolute atomic E-state index is 0.639. The zero-order valence-electron chi connectivity index (χ0n) is 9.01. The van der Waals surface area contributed by atoms with Crippen LogP contribution < -0.4 is 0 Å². The van der Waals surface area contributed by atoms with Crippen LogP contribution in [-0.2, 0) is 9.47 Å². The molecule has 0 aliphatic carbocycles. The lowest BCUT2D eigenvalue weighted by Crippen LogP contribution is -2.11. The molecule has 0 saturated carbocycles. The fourth-order valence-electron chi connectivity index (χ4n) is 1.35. The van der Waals surface area contributed by atoms with Crippen LogP contribution >= 0.6 is 0 Å². The van der Waals surface area contributed by atoms with Gasteiger partial charge in [0, 0.05) is 0 Å². The summed E-state index contributed by atoms with van der Waals surface area (Å²) in [5.41, 5.74) is 1.20. The number of rotatable bonds is 4. The summed E-state index contributed by atoms with van der Waals surface area (Å²) in [6.07, 6.45) is 6.04. The van der Waals surface area contributed by atoms with Crippen molar-refractivity contribution < 1.29 is 9.47 Å². The van der Waals surface area contributed by atoms with E-state index >= 15 is 0 Å². The molecule has 0 fully saturated rings. The molecule has 0 atom stereocenters. The predicted octanol–water partition coefficient (Wildman–Crippen LogP) is 3.18. The molecule has 2 heteroatoms. The van der Waals surface area contributed by atoms with Crippen LogP contribution in [0.2, 0.25) is 0 Å². The number of hydrogen-bond donors (Lipinski definition) is 0. The highest BCUT2D eigenvalue weighted by atomic mass is 16.6. The standard InChI is InChI=1S/C12H18O2/c1-4-6-11(5-2)9-12-10(3)13-7-8-14-12/h5,9H,2,4,6-8H2,1,3H3/b11-9+. The van der Waals surface area contributed by atoms with Crippen molar-refractivity contribution in [1.82, 2.24) is 0 Å². The van der Waals surface area contributed by atoms with E-state index in [2.05, 4.69) is 13.5 Å². The van der Waals surface area contributed by atoms with Gasteiger partial charge in [0.15, 0.2) is 5.76 Å². The summed E-state index contributed by atoms with van der Waals surface area (Å²) >= 11 is 0. The van der Waals surface area contributed by atoms with Crippen LogP contribution in [0.25, 0.3) is 0 Å². The minimum atomic E-state index is 0.639. The first kappa shape index (κ1) is 10.9. The lowest BCUT2D eigenvalue weighted by molar-refractivity contribution is 0.0706. The molecule has 1 rings (SSSR count). The molecule has 0 amide bonds. The molecule has 0 N–H and O–H groups in total. The summed E-state index contributed by atoms with van der Waals surface area (Å²) < 4.78 is 10.9. The van der Waals surface area contributed by atoms with Gasteiger partial charge in [-0.3, -0.25) is 0 Å². The van der Waals surface area contributed by atoms with Crippen molar-refractivity contribution in [2.45, 2.75) is 26.7 Å². The summed E-state index contributed by atoms with van der Waals surface area (Å²) in [5.74, 6) is 1.71. The van der Waals surface area contributed by atoms with Crippen LogP contribution in [0.5, 0.6) is 0 Å². The Bertz CT molecular complexity index is 261. The maximum atomic E-state index is 5.50. The van der Waals surface area contributed by atoms with E-state index in [-0.39, 0.29) is 0 Å². The van der Waals surface area contributed by atoms with Gasteiger partial charge < -0.3 is 9.47 Å². The van der Waals surface area contributed by atoms with E-state index < -0.39 is 0 Å². The Kier molecular flexibility index (Phi) is 4.30. The molecule has 14 heavy (non-hydrogen) atoms. The smallest absolute Gasteiger partial charge is 0.157 e. The van der Waals surface area contributed by atoms with Crippen molar-refractivity contribution in [1.29, 1.82) is 0 Å². The van der Waals surface area contributed by atoms with Gasteiger partial charge in [0.05, 0.1) is 0 Å². The van der Waals surface area contributed by atoms with E-state index in [1.54, 1.807) is 0 Å². The van der Waals surface area contributed by atoms with Gasteiger partial charge in [0.2, 0.25) is 0 Å². The summed E-state index contributed by atoms with van der Waals surface area (Å²) in [6, 6.07) is 0. The van der Waals surface area contributed by atoms with Crippen molar-refractivity contribution in [2.24, 2.45) is 0 Å². The fraction of sp³-hybridized carbons (Fsp3) is 0.500. The van der Waals surface area contributed by atoms with Gasteiger partial charge in [-0.25, -0.2) is 0 Å². The molecule has 0 spiro atoms. The third-order valence-electron chi connectivity index (χ3n) is 2.12. The highest BCUT2D eigenvalue weighted by Gasteiger charge is 2.09. The zero-order valence-corrected chi connectivity index (χ0v) is 9.01. The van der Waals surface area contributed by atoms with Crippen LogP contribution in [-0.4, -0.2) is 13.2 Å². The van der Waals surface area contributed by atoms with Crippen molar-refractivity contribution >= 4 is 0 Å². The van der Waals surface area contributed by atoms with Crippen molar-refractivity contribution in [3.8, 4) is 0 Å². The van der Waals surface area contributed by atoms with Gasteiger partial charge in [-0.2, -0.15) is 0 Å². The van der Waals surface area contributed by atoms with E-state index in [0.717, 1.165) is 24.4 Å². The van der Waals surface area contributed by atoms with Gasteiger partial charge in [0.1, 0.15) is 19.0 Å². The first-order chi connectivity index (χ1) is 6.77. The average Bonchev–Trinajstić information content (AvgIpc) is 2.20. The number of allylic oxidation sites excluding steroid dienone is 4. The molecule has 0 aromatic carbocycles. The van der Waals surface area contributed by atoms with Gasteiger partial charge in [-0.15, -0.1) is 0 Å². The van der Waals surface area contributed by atoms with Crippen LogP contribution in [0.4, 0.5) is 0 Å². The molecule has 1 aliphatic heterocycles. The Morgan fingerprint density at radius 2 is 2.14 bits per heavy atom.